The number of methoxy groups -OCH3 is 1. The lowest BCUT2D eigenvalue weighted by Crippen LogP contribution is -2.03. The van der Waals surface area contributed by atoms with E-state index in [-0.39, 0.29) is 5.97 Å². The van der Waals surface area contributed by atoms with E-state index in [0.717, 1.165) is 5.75 Å². The van der Waals surface area contributed by atoms with E-state index in [0.29, 0.717) is 12.0 Å². The molecule has 0 aliphatic rings. The van der Waals surface area contributed by atoms with E-state index in [4.69, 9.17) is 0 Å². The molecule has 0 saturated heterocycles. The van der Waals surface area contributed by atoms with Gasteiger partial charge in [-0.1, -0.05) is 25.8 Å². The number of allylic oxidation sites excluding steroid dienone is 1. The number of hydrogen-bond donors (Lipinski definition) is 0. The van der Waals surface area contributed by atoms with Crippen molar-refractivity contribution in [1.82, 2.24) is 0 Å². The van der Waals surface area contributed by atoms with Gasteiger partial charge in [-0.25, -0.2) is 4.79 Å². The highest BCUT2D eigenvalue weighted by Crippen LogP contribution is 2.14. The van der Waals surface area contributed by atoms with Crippen LogP contribution in [0, 0.1) is 0 Å². The first-order valence-electron chi connectivity index (χ1n) is 5.26. The van der Waals surface area contributed by atoms with Gasteiger partial charge in [0.05, 0.1) is 7.11 Å². The van der Waals surface area contributed by atoms with Crippen LogP contribution in [0.1, 0.15) is 32.6 Å². The molecule has 0 rings (SSSR count). The molecule has 0 radical (unpaired) electrons. The molecule has 0 fully saturated rings. The van der Waals surface area contributed by atoms with Crippen LogP contribution in [0.5, 0.6) is 0 Å². The molecule has 86 valence electrons. The van der Waals surface area contributed by atoms with Crippen molar-refractivity contribution < 1.29 is 9.53 Å². The number of esters is 1. The topological polar surface area (TPSA) is 26.3 Å². The minimum atomic E-state index is -0.252. The summed E-state index contributed by atoms with van der Waals surface area (Å²) in [5.41, 5.74) is 0.689. The molecule has 0 aliphatic carbocycles. The van der Waals surface area contributed by atoms with Gasteiger partial charge in [0.2, 0.25) is 0 Å². The third kappa shape index (κ3) is 7.25. The zero-order valence-electron chi connectivity index (χ0n) is 9.62. The minimum Gasteiger partial charge on any atom is -0.466 e. The second-order valence-electron chi connectivity index (χ2n) is 3.21. The zero-order chi connectivity index (χ0) is 11.5. The van der Waals surface area contributed by atoms with Gasteiger partial charge in [0.25, 0.3) is 0 Å². The molecule has 0 amide bonds. The maximum atomic E-state index is 11.3. The first-order valence-corrected chi connectivity index (χ1v) is 6.31. The number of carbonyl (C=O) groups excluding carboxylic acids is 1. The summed E-state index contributed by atoms with van der Waals surface area (Å²) in [7, 11) is 1.40. The van der Waals surface area contributed by atoms with Crippen LogP contribution in [0.2, 0.25) is 0 Å². The first-order chi connectivity index (χ1) is 7.26. The highest BCUT2D eigenvalue weighted by atomic mass is 32.2. The van der Waals surface area contributed by atoms with Crippen LogP contribution in [-0.2, 0) is 9.53 Å². The van der Waals surface area contributed by atoms with E-state index >= 15 is 0 Å². The highest BCUT2D eigenvalue weighted by Gasteiger charge is 2.06. The van der Waals surface area contributed by atoms with Crippen LogP contribution in [0.15, 0.2) is 23.6 Å². The van der Waals surface area contributed by atoms with Crippen molar-refractivity contribution in [3.63, 3.8) is 0 Å². The van der Waals surface area contributed by atoms with Gasteiger partial charge < -0.3 is 4.74 Å². The quantitative estimate of drug-likeness (QED) is 0.275. The minimum absolute atomic E-state index is 0.252. The molecule has 3 heteroatoms. The molecule has 0 unspecified atom stereocenters. The van der Waals surface area contributed by atoms with Gasteiger partial charge in [-0.05, 0) is 24.0 Å². The molecule has 0 aromatic carbocycles. The van der Waals surface area contributed by atoms with E-state index in [1.54, 1.807) is 17.8 Å². The zero-order valence-corrected chi connectivity index (χ0v) is 10.4. The number of rotatable bonds is 8. The Bertz CT molecular complexity index is 222. The van der Waals surface area contributed by atoms with Crippen molar-refractivity contribution in [2.45, 2.75) is 32.6 Å². The Labute approximate surface area is 96.8 Å². The van der Waals surface area contributed by atoms with Gasteiger partial charge in [-0.3, -0.25) is 0 Å². The summed E-state index contributed by atoms with van der Waals surface area (Å²) in [6, 6.07) is 0. The van der Waals surface area contributed by atoms with Crippen LogP contribution in [0.4, 0.5) is 0 Å². The molecular weight excluding hydrogens is 208 g/mol. The van der Waals surface area contributed by atoms with E-state index in [1.807, 2.05) is 5.41 Å². The predicted octanol–water partition coefficient (Wildman–Crippen LogP) is 3.54. The van der Waals surface area contributed by atoms with Crippen molar-refractivity contribution in [1.29, 1.82) is 0 Å². The molecule has 0 aromatic rings. The molecular formula is C12H20O2S. The molecule has 0 atom stereocenters. The Hall–Kier alpha value is -0.700. The number of carbonyl (C=O) groups is 1. The van der Waals surface area contributed by atoms with Gasteiger partial charge in [0, 0.05) is 5.57 Å². The summed E-state index contributed by atoms with van der Waals surface area (Å²) >= 11 is 1.67. The van der Waals surface area contributed by atoms with Crippen LogP contribution >= 0.6 is 11.8 Å². The first kappa shape index (κ1) is 14.3. The highest BCUT2D eigenvalue weighted by molar-refractivity contribution is 8.02. The van der Waals surface area contributed by atoms with Gasteiger partial charge in [-0.15, -0.1) is 18.3 Å². The lowest BCUT2D eigenvalue weighted by atomic mass is 10.2. The van der Waals surface area contributed by atoms with Crippen molar-refractivity contribution in [2.75, 3.05) is 12.9 Å². The van der Waals surface area contributed by atoms with E-state index < -0.39 is 0 Å². The molecule has 0 N–H and O–H groups in total. The summed E-state index contributed by atoms with van der Waals surface area (Å²) in [5, 5.41) is 1.89. The molecule has 0 aliphatic heterocycles. The Balaban J connectivity index is 3.94. The molecule has 0 spiro atoms. The van der Waals surface area contributed by atoms with E-state index in [2.05, 4.69) is 18.2 Å². The Morgan fingerprint density at radius 3 is 2.73 bits per heavy atom. The Morgan fingerprint density at radius 2 is 2.20 bits per heavy atom. The largest absolute Gasteiger partial charge is 0.466 e. The monoisotopic (exact) mass is 228 g/mol. The van der Waals surface area contributed by atoms with Crippen LogP contribution < -0.4 is 0 Å². The average Bonchev–Trinajstić information content (AvgIpc) is 2.26. The number of hydrogen-bond acceptors (Lipinski definition) is 3. The number of thioether (sulfide) groups is 1. The molecule has 15 heavy (non-hydrogen) atoms. The van der Waals surface area contributed by atoms with Gasteiger partial charge >= 0.3 is 5.97 Å². The summed E-state index contributed by atoms with van der Waals surface area (Å²) in [5.74, 6) is 0.809. The average molecular weight is 228 g/mol. The van der Waals surface area contributed by atoms with Crippen LogP contribution in [-0.4, -0.2) is 18.8 Å². The SMILES string of the molecule is C=CCC(=CSCCCCC)C(=O)OC. The van der Waals surface area contributed by atoms with Crippen molar-refractivity contribution in [3.05, 3.63) is 23.6 Å². The molecule has 0 bridgehead atoms. The molecule has 0 aromatic heterocycles. The smallest absolute Gasteiger partial charge is 0.334 e. The lowest BCUT2D eigenvalue weighted by Gasteiger charge is -2.02. The van der Waals surface area contributed by atoms with E-state index in [1.165, 1.54) is 26.4 Å². The fourth-order valence-electron chi connectivity index (χ4n) is 1.06. The summed E-state index contributed by atoms with van der Waals surface area (Å²) < 4.78 is 4.67. The van der Waals surface area contributed by atoms with Crippen LogP contribution in [0.25, 0.3) is 0 Å². The normalized spacial score (nSPS) is 11.2. The maximum Gasteiger partial charge on any atom is 0.334 e. The molecule has 0 heterocycles. The summed E-state index contributed by atoms with van der Waals surface area (Å²) in [4.78, 5) is 11.3. The van der Waals surface area contributed by atoms with Gasteiger partial charge in [-0.2, -0.15) is 0 Å². The van der Waals surface area contributed by atoms with Crippen molar-refractivity contribution in [3.8, 4) is 0 Å². The van der Waals surface area contributed by atoms with Gasteiger partial charge in [0.15, 0.2) is 0 Å². The maximum absolute atomic E-state index is 11.3. The predicted molar refractivity (Wildman–Crippen MR) is 66.9 cm³/mol. The summed E-state index contributed by atoms with van der Waals surface area (Å²) in [6.07, 6.45) is 5.96. The van der Waals surface area contributed by atoms with E-state index in [9.17, 15) is 4.79 Å². The number of unbranched alkanes of at least 4 members (excludes halogenated alkanes) is 2. The standard InChI is InChI=1S/C12H20O2S/c1-4-6-7-9-15-10-11(8-5-2)12(13)14-3/h5,10H,2,4,6-9H2,1,3H3. The lowest BCUT2D eigenvalue weighted by molar-refractivity contribution is -0.136. The number of ether oxygens (including phenoxy) is 1. The van der Waals surface area contributed by atoms with Gasteiger partial charge in [0.1, 0.15) is 0 Å². The Kier molecular flexibility index (Phi) is 9.38. The molecule has 2 nitrogen and oxygen atoms in total. The van der Waals surface area contributed by atoms with Crippen LogP contribution in [0.3, 0.4) is 0 Å². The van der Waals surface area contributed by atoms with Crippen molar-refractivity contribution >= 4 is 17.7 Å². The summed E-state index contributed by atoms with van der Waals surface area (Å²) in [6.45, 7) is 5.80. The third-order valence-electron chi connectivity index (χ3n) is 1.90. The Morgan fingerprint density at radius 1 is 1.47 bits per heavy atom. The second kappa shape index (κ2) is 9.84. The molecule has 0 saturated carbocycles. The second-order valence-corrected chi connectivity index (χ2v) is 4.18. The van der Waals surface area contributed by atoms with Crippen molar-refractivity contribution in [2.24, 2.45) is 0 Å². The third-order valence-corrected chi connectivity index (χ3v) is 2.88. The fraction of sp³-hybridized carbons (Fsp3) is 0.583. The fourth-order valence-corrected chi connectivity index (χ4v) is 1.94.